The lowest BCUT2D eigenvalue weighted by Gasteiger charge is -2.24. The molecule has 0 aromatic rings. The van der Waals surface area contributed by atoms with Crippen LogP contribution < -0.4 is 5.32 Å². The number of unbranched alkanes of at least 4 members (excludes halogenated alkanes) is 34. The maximum absolute atomic E-state index is 13.2. The summed E-state index contributed by atoms with van der Waals surface area (Å²) < 4.78 is 5.93. The average Bonchev–Trinajstić information content (AvgIpc) is 3.19. The molecule has 0 aromatic heterocycles. The van der Waals surface area contributed by atoms with Crippen LogP contribution in [0.2, 0.25) is 0 Å². The largest absolute Gasteiger partial charge is 0.462 e. The van der Waals surface area contributed by atoms with Gasteiger partial charge in [-0.1, -0.05) is 245 Å². The van der Waals surface area contributed by atoms with Crippen LogP contribution in [0, 0.1) is 0 Å². The predicted molar refractivity (Wildman–Crippen MR) is 241 cm³/mol. The molecular weight excluding hydrogens is 695 g/mol. The van der Waals surface area contributed by atoms with Gasteiger partial charge in [0.25, 0.3) is 0 Å². The molecule has 3 N–H and O–H groups in total. The van der Waals surface area contributed by atoms with Crippen molar-refractivity contribution < 1.29 is 24.5 Å². The van der Waals surface area contributed by atoms with E-state index in [1.54, 1.807) is 0 Å². The van der Waals surface area contributed by atoms with Crippen molar-refractivity contribution in [2.75, 3.05) is 6.61 Å². The first kappa shape index (κ1) is 54.9. The molecule has 1 amide bonds. The molecule has 3 atom stereocenters. The van der Waals surface area contributed by atoms with Gasteiger partial charge in [0.1, 0.15) is 6.10 Å². The summed E-state index contributed by atoms with van der Waals surface area (Å²) in [6.45, 7) is 6.50. The van der Waals surface area contributed by atoms with Crippen LogP contribution in [0.15, 0.2) is 0 Å². The second kappa shape index (κ2) is 45.0. The zero-order valence-electron chi connectivity index (χ0n) is 38.0. The van der Waals surface area contributed by atoms with E-state index in [9.17, 15) is 19.8 Å². The molecule has 0 saturated heterocycles. The third-order valence-corrected chi connectivity index (χ3v) is 11.9. The Kier molecular flexibility index (Phi) is 44.0. The molecule has 0 aliphatic carbocycles. The van der Waals surface area contributed by atoms with Crippen molar-refractivity contribution in [1.82, 2.24) is 5.32 Å². The van der Waals surface area contributed by atoms with Crippen molar-refractivity contribution in [2.45, 2.75) is 302 Å². The Morgan fingerprint density at radius 2 is 0.750 bits per heavy atom. The van der Waals surface area contributed by atoms with Gasteiger partial charge in [0.05, 0.1) is 25.2 Å². The number of aliphatic hydroxyl groups is 2. The molecule has 334 valence electrons. The second-order valence-electron chi connectivity index (χ2n) is 17.6. The zero-order valence-corrected chi connectivity index (χ0v) is 38.0. The van der Waals surface area contributed by atoms with Gasteiger partial charge in [-0.3, -0.25) is 9.59 Å². The van der Waals surface area contributed by atoms with Gasteiger partial charge in [0.15, 0.2) is 0 Å². The van der Waals surface area contributed by atoms with E-state index < -0.39 is 18.2 Å². The van der Waals surface area contributed by atoms with Crippen LogP contribution in [0.4, 0.5) is 0 Å². The molecule has 0 radical (unpaired) electrons. The standard InChI is InChI=1S/C50H99NO5/c1-4-7-10-13-16-19-22-24-25-27-29-32-35-38-41-46(56-50(55)43-40-37-34-31-26-21-18-15-12-9-6-3)44-49(54)51-47(45-52)48(53)42-39-36-33-30-28-23-20-17-14-11-8-5-2/h46-48,52-53H,4-45H2,1-3H3,(H,51,54). The number of rotatable bonds is 46. The van der Waals surface area contributed by atoms with E-state index in [4.69, 9.17) is 4.74 Å². The normalized spacial score (nSPS) is 13.2. The molecule has 0 aliphatic heterocycles. The Bertz CT molecular complexity index is 806. The first-order valence-electron chi connectivity index (χ1n) is 25.3. The molecule has 0 fully saturated rings. The van der Waals surface area contributed by atoms with Gasteiger partial charge in [-0.05, 0) is 25.7 Å². The molecule has 0 aliphatic rings. The minimum Gasteiger partial charge on any atom is -0.462 e. The number of aliphatic hydroxyl groups excluding tert-OH is 2. The molecule has 0 rings (SSSR count). The molecule has 0 spiro atoms. The van der Waals surface area contributed by atoms with Crippen LogP contribution in [-0.4, -0.2) is 46.9 Å². The molecule has 0 bridgehead atoms. The highest BCUT2D eigenvalue weighted by Crippen LogP contribution is 2.19. The van der Waals surface area contributed by atoms with Crippen molar-refractivity contribution >= 4 is 11.9 Å². The first-order valence-corrected chi connectivity index (χ1v) is 25.3. The lowest BCUT2D eigenvalue weighted by atomic mass is 10.0. The second-order valence-corrected chi connectivity index (χ2v) is 17.6. The van der Waals surface area contributed by atoms with Gasteiger partial charge in [-0.2, -0.15) is 0 Å². The molecule has 3 unspecified atom stereocenters. The van der Waals surface area contributed by atoms with E-state index >= 15 is 0 Å². The Labute approximate surface area is 349 Å². The van der Waals surface area contributed by atoms with E-state index in [2.05, 4.69) is 26.1 Å². The zero-order chi connectivity index (χ0) is 41.0. The highest BCUT2D eigenvalue weighted by Gasteiger charge is 2.24. The average molecular weight is 794 g/mol. The summed E-state index contributed by atoms with van der Waals surface area (Å²) >= 11 is 0. The molecule has 56 heavy (non-hydrogen) atoms. The fourth-order valence-corrected chi connectivity index (χ4v) is 8.08. The number of hydrogen-bond donors (Lipinski definition) is 3. The monoisotopic (exact) mass is 794 g/mol. The van der Waals surface area contributed by atoms with Crippen LogP contribution >= 0.6 is 0 Å². The molecule has 0 heterocycles. The first-order chi connectivity index (χ1) is 27.5. The van der Waals surface area contributed by atoms with Gasteiger partial charge < -0.3 is 20.3 Å². The number of ether oxygens (including phenoxy) is 1. The van der Waals surface area contributed by atoms with Crippen LogP contribution in [0.5, 0.6) is 0 Å². The van der Waals surface area contributed by atoms with E-state index in [0.29, 0.717) is 19.3 Å². The Hall–Kier alpha value is -1.14. The Balaban J connectivity index is 4.52. The number of amides is 1. The maximum Gasteiger partial charge on any atom is 0.306 e. The Morgan fingerprint density at radius 3 is 1.09 bits per heavy atom. The van der Waals surface area contributed by atoms with Gasteiger partial charge in [-0.15, -0.1) is 0 Å². The summed E-state index contributed by atoms with van der Waals surface area (Å²) in [5, 5.41) is 23.7. The fraction of sp³-hybridized carbons (Fsp3) is 0.960. The molecule has 0 aromatic carbocycles. The summed E-state index contributed by atoms with van der Waals surface area (Å²) in [5.74, 6) is -0.453. The molecular formula is C50H99NO5. The van der Waals surface area contributed by atoms with Gasteiger partial charge in [0.2, 0.25) is 5.91 Å². The predicted octanol–water partition coefficient (Wildman–Crippen LogP) is 14.8. The highest BCUT2D eigenvalue weighted by molar-refractivity contribution is 5.77. The summed E-state index contributed by atoms with van der Waals surface area (Å²) in [6.07, 6.45) is 47.3. The highest BCUT2D eigenvalue weighted by atomic mass is 16.5. The minimum absolute atomic E-state index is 0.0876. The topological polar surface area (TPSA) is 95.9 Å². The number of nitrogens with one attached hydrogen (secondary N) is 1. The van der Waals surface area contributed by atoms with Gasteiger partial charge in [-0.25, -0.2) is 0 Å². The maximum atomic E-state index is 13.2. The SMILES string of the molecule is CCCCCCCCCCCCCCCCC(CC(=O)NC(CO)C(O)CCCCCCCCCCCCCC)OC(=O)CCCCCCCCCCCCC. The molecule has 6 heteroatoms. The van der Waals surface area contributed by atoms with E-state index in [0.717, 1.165) is 44.9 Å². The number of esters is 1. The smallest absolute Gasteiger partial charge is 0.306 e. The lowest BCUT2D eigenvalue weighted by Crippen LogP contribution is -2.46. The Morgan fingerprint density at radius 1 is 0.446 bits per heavy atom. The van der Waals surface area contributed by atoms with Crippen molar-refractivity contribution in [3.63, 3.8) is 0 Å². The number of carbonyl (C=O) groups is 2. The number of carbonyl (C=O) groups excluding carboxylic acids is 2. The van der Waals surface area contributed by atoms with Crippen LogP contribution in [0.3, 0.4) is 0 Å². The fourth-order valence-electron chi connectivity index (χ4n) is 8.08. The van der Waals surface area contributed by atoms with Crippen LogP contribution in [0.25, 0.3) is 0 Å². The van der Waals surface area contributed by atoms with E-state index in [-0.39, 0.29) is 24.9 Å². The van der Waals surface area contributed by atoms with E-state index in [1.165, 1.54) is 193 Å². The quantitative estimate of drug-likeness (QED) is 0.0421. The van der Waals surface area contributed by atoms with Crippen molar-refractivity contribution in [3.05, 3.63) is 0 Å². The molecule has 6 nitrogen and oxygen atoms in total. The van der Waals surface area contributed by atoms with Gasteiger partial charge in [0, 0.05) is 6.42 Å². The van der Waals surface area contributed by atoms with Crippen LogP contribution in [0.1, 0.15) is 284 Å². The third-order valence-electron chi connectivity index (χ3n) is 11.9. The third kappa shape index (κ3) is 39.7. The van der Waals surface area contributed by atoms with Crippen molar-refractivity contribution in [3.8, 4) is 0 Å². The number of hydrogen-bond acceptors (Lipinski definition) is 5. The summed E-state index contributed by atoms with van der Waals surface area (Å²) in [4.78, 5) is 26.1. The summed E-state index contributed by atoms with van der Waals surface area (Å²) in [6, 6.07) is -0.691. The van der Waals surface area contributed by atoms with Crippen LogP contribution in [-0.2, 0) is 14.3 Å². The van der Waals surface area contributed by atoms with Crippen molar-refractivity contribution in [1.29, 1.82) is 0 Å². The van der Waals surface area contributed by atoms with Gasteiger partial charge >= 0.3 is 5.97 Å². The van der Waals surface area contributed by atoms with E-state index in [1.807, 2.05) is 0 Å². The van der Waals surface area contributed by atoms with Crippen molar-refractivity contribution in [2.24, 2.45) is 0 Å². The lowest BCUT2D eigenvalue weighted by molar-refractivity contribution is -0.151. The molecule has 0 saturated carbocycles. The minimum atomic E-state index is -0.778. The summed E-state index contributed by atoms with van der Waals surface area (Å²) in [5.41, 5.74) is 0. The summed E-state index contributed by atoms with van der Waals surface area (Å²) in [7, 11) is 0.